The quantitative estimate of drug-likeness (QED) is 0.848. The fourth-order valence-corrected chi connectivity index (χ4v) is 2.70. The number of rotatable bonds is 3. The van der Waals surface area contributed by atoms with Gasteiger partial charge in [0.1, 0.15) is 0 Å². The lowest BCUT2D eigenvalue weighted by molar-refractivity contribution is -0.132. The van der Waals surface area contributed by atoms with E-state index in [-0.39, 0.29) is 17.9 Å². The molecular weight excluding hydrogens is 244 g/mol. The number of hydrogen-bond acceptors (Lipinski definition) is 2. The molecule has 0 saturated carbocycles. The lowest BCUT2D eigenvalue weighted by Crippen LogP contribution is -2.44. The van der Waals surface area contributed by atoms with Crippen LogP contribution < -0.4 is 5.73 Å². The highest BCUT2D eigenvalue weighted by Gasteiger charge is 2.33. The number of nitrogens with zero attached hydrogens (tertiary/aromatic N) is 1. The van der Waals surface area contributed by atoms with E-state index in [4.69, 9.17) is 18.0 Å². The monoisotopic (exact) mass is 262 g/mol. The minimum atomic E-state index is -0.138. The summed E-state index contributed by atoms with van der Waals surface area (Å²) in [6, 6.07) is 9.76. The van der Waals surface area contributed by atoms with E-state index >= 15 is 0 Å². The summed E-state index contributed by atoms with van der Waals surface area (Å²) in [5.74, 6) is -0.0161. The van der Waals surface area contributed by atoms with E-state index in [1.807, 2.05) is 42.2 Å². The number of amides is 1. The van der Waals surface area contributed by atoms with Crippen LogP contribution in [-0.4, -0.2) is 28.4 Å². The van der Waals surface area contributed by atoms with Crippen molar-refractivity contribution in [1.29, 1.82) is 0 Å². The highest BCUT2D eigenvalue weighted by atomic mass is 32.1. The van der Waals surface area contributed by atoms with E-state index in [1.165, 1.54) is 0 Å². The first-order chi connectivity index (χ1) is 8.61. The summed E-state index contributed by atoms with van der Waals surface area (Å²) in [6.07, 6.45) is 1.87. The van der Waals surface area contributed by atoms with E-state index < -0.39 is 0 Å². The summed E-state index contributed by atoms with van der Waals surface area (Å²) < 4.78 is 0. The SMILES string of the molecule is CC(C(=O)N1CCCC1C(N)=S)c1ccccc1. The second kappa shape index (κ2) is 5.48. The first kappa shape index (κ1) is 13.0. The van der Waals surface area contributed by atoms with Crippen molar-refractivity contribution in [1.82, 2.24) is 4.90 Å². The van der Waals surface area contributed by atoms with Gasteiger partial charge in [0.05, 0.1) is 16.9 Å². The fraction of sp³-hybridized carbons (Fsp3) is 0.429. The van der Waals surface area contributed by atoms with Crippen LogP contribution in [0.1, 0.15) is 31.2 Å². The van der Waals surface area contributed by atoms with Crippen LogP contribution in [0.2, 0.25) is 0 Å². The van der Waals surface area contributed by atoms with Crippen molar-refractivity contribution < 1.29 is 4.79 Å². The Labute approximate surface area is 113 Å². The van der Waals surface area contributed by atoms with Gasteiger partial charge in [-0.1, -0.05) is 42.5 Å². The minimum Gasteiger partial charge on any atom is -0.392 e. The molecule has 2 N–H and O–H groups in total. The molecule has 1 amide bonds. The Balaban J connectivity index is 2.14. The van der Waals surface area contributed by atoms with Crippen LogP contribution in [0.3, 0.4) is 0 Å². The number of likely N-dealkylation sites (tertiary alicyclic amines) is 1. The smallest absolute Gasteiger partial charge is 0.230 e. The molecule has 0 aromatic heterocycles. The summed E-state index contributed by atoms with van der Waals surface area (Å²) in [7, 11) is 0. The van der Waals surface area contributed by atoms with Crippen molar-refractivity contribution in [2.45, 2.75) is 31.7 Å². The maximum atomic E-state index is 12.5. The molecule has 18 heavy (non-hydrogen) atoms. The zero-order valence-corrected chi connectivity index (χ0v) is 11.3. The molecule has 1 fully saturated rings. The molecule has 1 aromatic rings. The first-order valence-electron chi connectivity index (χ1n) is 6.26. The predicted octanol–water partition coefficient (Wildman–Crippen LogP) is 2.07. The summed E-state index contributed by atoms with van der Waals surface area (Å²) in [4.78, 5) is 14.7. The molecule has 0 radical (unpaired) electrons. The Hall–Kier alpha value is -1.42. The fourth-order valence-electron chi connectivity index (χ4n) is 2.46. The molecule has 0 aliphatic carbocycles. The summed E-state index contributed by atoms with van der Waals surface area (Å²) in [5, 5.41) is 0. The van der Waals surface area contributed by atoms with Crippen molar-refractivity contribution in [3.8, 4) is 0 Å². The van der Waals surface area contributed by atoms with Gasteiger partial charge in [0, 0.05) is 6.54 Å². The van der Waals surface area contributed by atoms with E-state index in [1.54, 1.807) is 0 Å². The molecule has 1 saturated heterocycles. The lowest BCUT2D eigenvalue weighted by atomic mass is 9.99. The molecule has 3 nitrogen and oxygen atoms in total. The van der Waals surface area contributed by atoms with Crippen LogP contribution in [-0.2, 0) is 4.79 Å². The van der Waals surface area contributed by atoms with Crippen molar-refractivity contribution in [3.63, 3.8) is 0 Å². The first-order valence-corrected chi connectivity index (χ1v) is 6.67. The summed E-state index contributed by atoms with van der Waals surface area (Å²) in [6.45, 7) is 2.70. The Morgan fingerprint density at radius 3 is 2.72 bits per heavy atom. The van der Waals surface area contributed by atoms with Crippen molar-refractivity contribution in [2.24, 2.45) is 5.73 Å². The van der Waals surface area contributed by atoms with Crippen molar-refractivity contribution >= 4 is 23.1 Å². The second-order valence-electron chi connectivity index (χ2n) is 4.72. The molecule has 4 heteroatoms. The van der Waals surface area contributed by atoms with E-state index in [9.17, 15) is 4.79 Å². The number of carbonyl (C=O) groups is 1. The van der Waals surface area contributed by atoms with Gasteiger partial charge in [-0.15, -0.1) is 0 Å². The lowest BCUT2D eigenvalue weighted by Gasteiger charge is -2.27. The third-order valence-electron chi connectivity index (χ3n) is 3.53. The maximum Gasteiger partial charge on any atom is 0.230 e. The van der Waals surface area contributed by atoms with Gasteiger partial charge in [0.2, 0.25) is 5.91 Å². The van der Waals surface area contributed by atoms with Crippen LogP contribution in [0.4, 0.5) is 0 Å². The zero-order valence-electron chi connectivity index (χ0n) is 10.5. The Morgan fingerprint density at radius 2 is 2.11 bits per heavy atom. The van der Waals surface area contributed by atoms with Gasteiger partial charge in [-0.25, -0.2) is 0 Å². The molecule has 1 aliphatic rings. The Morgan fingerprint density at radius 1 is 1.44 bits per heavy atom. The Kier molecular flexibility index (Phi) is 3.97. The number of carbonyl (C=O) groups excluding carboxylic acids is 1. The zero-order chi connectivity index (χ0) is 13.1. The topological polar surface area (TPSA) is 46.3 Å². The standard InChI is InChI=1S/C14H18N2OS/c1-10(11-6-3-2-4-7-11)14(17)16-9-5-8-12(16)13(15)18/h2-4,6-7,10,12H,5,8-9H2,1H3,(H2,15,18). The van der Waals surface area contributed by atoms with Gasteiger partial charge in [0.25, 0.3) is 0 Å². The largest absolute Gasteiger partial charge is 0.392 e. The van der Waals surface area contributed by atoms with Crippen molar-refractivity contribution in [2.75, 3.05) is 6.54 Å². The van der Waals surface area contributed by atoms with Gasteiger partial charge in [-0.05, 0) is 25.3 Å². The van der Waals surface area contributed by atoms with Crippen LogP contribution in [0, 0.1) is 0 Å². The molecule has 1 heterocycles. The van der Waals surface area contributed by atoms with E-state index in [2.05, 4.69) is 0 Å². The minimum absolute atomic E-state index is 0.0568. The van der Waals surface area contributed by atoms with Gasteiger partial charge < -0.3 is 10.6 Å². The van der Waals surface area contributed by atoms with Gasteiger partial charge >= 0.3 is 0 Å². The molecule has 2 atom stereocenters. The second-order valence-corrected chi connectivity index (χ2v) is 5.20. The normalized spacial score (nSPS) is 20.7. The maximum absolute atomic E-state index is 12.5. The molecular formula is C14H18N2OS. The number of hydrogen-bond donors (Lipinski definition) is 1. The third kappa shape index (κ3) is 2.53. The Bertz CT molecular complexity index is 446. The number of benzene rings is 1. The average molecular weight is 262 g/mol. The van der Waals surface area contributed by atoms with Crippen molar-refractivity contribution in [3.05, 3.63) is 35.9 Å². The van der Waals surface area contributed by atoms with E-state index in [0.29, 0.717) is 4.99 Å². The predicted molar refractivity (Wildman–Crippen MR) is 76.4 cm³/mol. The molecule has 2 unspecified atom stereocenters. The van der Waals surface area contributed by atoms with Crippen LogP contribution in [0.5, 0.6) is 0 Å². The molecule has 96 valence electrons. The van der Waals surface area contributed by atoms with Gasteiger partial charge in [-0.2, -0.15) is 0 Å². The average Bonchev–Trinajstić information content (AvgIpc) is 2.87. The van der Waals surface area contributed by atoms with Crippen LogP contribution >= 0.6 is 12.2 Å². The number of thiocarbonyl (C=S) groups is 1. The van der Waals surface area contributed by atoms with E-state index in [0.717, 1.165) is 24.9 Å². The highest BCUT2D eigenvalue weighted by Crippen LogP contribution is 2.24. The summed E-state index contributed by atoms with van der Waals surface area (Å²) in [5.41, 5.74) is 6.74. The molecule has 2 rings (SSSR count). The molecule has 0 spiro atoms. The molecule has 1 aliphatic heterocycles. The molecule has 0 bridgehead atoms. The van der Waals surface area contributed by atoms with Crippen LogP contribution in [0.15, 0.2) is 30.3 Å². The number of nitrogens with two attached hydrogens (primary N) is 1. The third-order valence-corrected chi connectivity index (χ3v) is 3.81. The highest BCUT2D eigenvalue weighted by molar-refractivity contribution is 7.80. The van der Waals surface area contributed by atoms with Gasteiger partial charge in [-0.3, -0.25) is 4.79 Å². The summed E-state index contributed by atoms with van der Waals surface area (Å²) >= 11 is 5.04. The van der Waals surface area contributed by atoms with Gasteiger partial charge in [0.15, 0.2) is 0 Å². The van der Waals surface area contributed by atoms with Crippen LogP contribution in [0.25, 0.3) is 0 Å². The molecule has 1 aromatic carbocycles.